The first-order valence-electron chi connectivity index (χ1n) is 8.20. The highest BCUT2D eigenvalue weighted by Crippen LogP contribution is 2.65. The Hall–Kier alpha value is -2.30. The van der Waals surface area contributed by atoms with Crippen LogP contribution in [0, 0.1) is 35.5 Å². The molecule has 116 valence electrons. The summed E-state index contributed by atoms with van der Waals surface area (Å²) < 4.78 is 10.7. The predicted molar refractivity (Wildman–Crippen MR) is 79.8 cm³/mol. The van der Waals surface area contributed by atoms with E-state index >= 15 is 0 Å². The van der Waals surface area contributed by atoms with Crippen LogP contribution < -0.4 is 14.4 Å². The van der Waals surface area contributed by atoms with E-state index in [0.717, 1.165) is 0 Å². The molecule has 5 heteroatoms. The lowest BCUT2D eigenvalue weighted by Crippen LogP contribution is -2.40. The molecule has 3 fully saturated rings. The zero-order valence-corrected chi connectivity index (χ0v) is 12.3. The molecular weight excluding hydrogens is 294 g/mol. The Morgan fingerprint density at radius 2 is 1.57 bits per heavy atom. The molecule has 2 bridgehead atoms. The van der Waals surface area contributed by atoms with E-state index in [2.05, 4.69) is 12.2 Å². The van der Waals surface area contributed by atoms with E-state index in [1.807, 2.05) is 0 Å². The lowest BCUT2D eigenvalue weighted by molar-refractivity contribution is -0.124. The van der Waals surface area contributed by atoms with Gasteiger partial charge in [-0.2, -0.15) is 0 Å². The average Bonchev–Trinajstić information content (AvgIpc) is 3.20. The van der Waals surface area contributed by atoms with Crippen molar-refractivity contribution in [2.24, 2.45) is 35.5 Å². The monoisotopic (exact) mass is 309 g/mol. The summed E-state index contributed by atoms with van der Waals surface area (Å²) in [5, 5.41) is 0. The van der Waals surface area contributed by atoms with Crippen LogP contribution in [0.25, 0.3) is 0 Å². The van der Waals surface area contributed by atoms with Crippen molar-refractivity contribution in [3.8, 4) is 11.5 Å². The number of nitrogens with zero attached hydrogens (tertiary/aromatic N) is 1. The quantitative estimate of drug-likeness (QED) is 0.588. The number of hydrogen-bond acceptors (Lipinski definition) is 4. The molecule has 2 amide bonds. The number of anilines is 1. The Balaban J connectivity index is 1.43. The van der Waals surface area contributed by atoms with Gasteiger partial charge in [0, 0.05) is 6.07 Å². The Morgan fingerprint density at radius 3 is 2.26 bits per heavy atom. The highest BCUT2D eigenvalue weighted by molar-refractivity contribution is 6.22. The lowest BCUT2D eigenvalue weighted by atomic mass is 9.63. The van der Waals surface area contributed by atoms with Crippen molar-refractivity contribution >= 4 is 17.5 Å². The summed E-state index contributed by atoms with van der Waals surface area (Å²) in [7, 11) is 0. The van der Waals surface area contributed by atoms with Crippen molar-refractivity contribution in [2.45, 2.75) is 6.42 Å². The molecule has 4 aliphatic carbocycles. The number of imide groups is 1. The molecule has 2 saturated carbocycles. The zero-order chi connectivity index (χ0) is 15.3. The normalized spacial score (nSPS) is 41.3. The van der Waals surface area contributed by atoms with Gasteiger partial charge in [-0.25, -0.2) is 4.90 Å². The highest BCUT2D eigenvalue weighted by Gasteiger charge is 2.67. The molecule has 7 rings (SSSR count). The van der Waals surface area contributed by atoms with E-state index in [1.54, 1.807) is 18.2 Å². The van der Waals surface area contributed by atoms with Gasteiger partial charge in [0.05, 0.1) is 17.5 Å². The second-order valence-electron chi connectivity index (χ2n) is 7.20. The minimum Gasteiger partial charge on any atom is -0.454 e. The molecule has 2 aliphatic heterocycles. The largest absolute Gasteiger partial charge is 0.454 e. The number of allylic oxidation sites excluding steroid dienone is 2. The van der Waals surface area contributed by atoms with Crippen LogP contribution in [0.3, 0.4) is 0 Å². The zero-order valence-electron chi connectivity index (χ0n) is 12.3. The Morgan fingerprint density at radius 1 is 0.913 bits per heavy atom. The molecule has 5 nitrogen and oxygen atoms in total. The van der Waals surface area contributed by atoms with Crippen molar-refractivity contribution in [3.05, 3.63) is 30.4 Å². The van der Waals surface area contributed by atoms with Crippen molar-refractivity contribution in [3.63, 3.8) is 0 Å². The van der Waals surface area contributed by atoms with Crippen LogP contribution in [0.2, 0.25) is 0 Å². The van der Waals surface area contributed by atoms with Gasteiger partial charge < -0.3 is 9.47 Å². The van der Waals surface area contributed by atoms with E-state index < -0.39 is 0 Å². The van der Waals surface area contributed by atoms with E-state index in [1.165, 1.54) is 11.3 Å². The molecule has 0 spiro atoms. The molecule has 0 unspecified atom stereocenters. The molecule has 0 N–H and O–H groups in total. The molecule has 1 aromatic carbocycles. The molecule has 6 aliphatic rings. The molecular formula is C18H15NO4. The van der Waals surface area contributed by atoms with Gasteiger partial charge in [0.25, 0.3) is 0 Å². The first-order chi connectivity index (χ1) is 11.2. The fourth-order valence-electron chi connectivity index (χ4n) is 5.24. The molecule has 1 aromatic rings. The second-order valence-corrected chi connectivity index (χ2v) is 7.20. The molecule has 1 saturated heterocycles. The third-order valence-electron chi connectivity index (χ3n) is 6.28. The van der Waals surface area contributed by atoms with Crippen LogP contribution in [-0.4, -0.2) is 18.6 Å². The van der Waals surface area contributed by atoms with Crippen molar-refractivity contribution in [2.75, 3.05) is 11.7 Å². The van der Waals surface area contributed by atoms with Gasteiger partial charge in [-0.1, -0.05) is 12.2 Å². The maximum atomic E-state index is 13.0. The first kappa shape index (κ1) is 12.2. The van der Waals surface area contributed by atoms with Crippen LogP contribution in [0.5, 0.6) is 11.5 Å². The number of fused-ring (bicyclic) bond motifs is 1. The summed E-state index contributed by atoms with van der Waals surface area (Å²) in [6, 6.07) is 5.28. The first-order valence-corrected chi connectivity index (χ1v) is 8.20. The van der Waals surface area contributed by atoms with Crippen LogP contribution in [-0.2, 0) is 9.59 Å². The van der Waals surface area contributed by atoms with Gasteiger partial charge in [-0.15, -0.1) is 0 Å². The summed E-state index contributed by atoms with van der Waals surface area (Å²) in [5.41, 5.74) is 0.603. The number of benzene rings is 1. The summed E-state index contributed by atoms with van der Waals surface area (Å²) in [6.45, 7) is 0.184. The van der Waals surface area contributed by atoms with Crippen molar-refractivity contribution in [1.82, 2.24) is 0 Å². The SMILES string of the molecule is O=C1[C@@H]2[C@H]3C=C[C@H]([C@H]4C[C@H]34)[C@@H]2C(=O)N1c1ccc2c(c1)OCO2. The standard InChI is InChI=1S/C18H15NO4/c20-17-15-9-2-3-10(12-6-11(9)12)16(15)18(21)19(17)8-1-4-13-14(5-8)23-7-22-13/h1-5,9-12,15-16H,6-7H2/t9-,10+,11-,12-,15+,16-/m1/s1. The maximum absolute atomic E-state index is 13.0. The van der Waals surface area contributed by atoms with E-state index in [9.17, 15) is 9.59 Å². The van der Waals surface area contributed by atoms with Crippen molar-refractivity contribution < 1.29 is 19.1 Å². The fourth-order valence-corrected chi connectivity index (χ4v) is 5.24. The Kier molecular flexibility index (Phi) is 2.00. The molecule has 6 atom stereocenters. The number of carbonyl (C=O) groups is 2. The van der Waals surface area contributed by atoms with E-state index in [4.69, 9.17) is 9.47 Å². The number of hydrogen-bond donors (Lipinski definition) is 0. The molecule has 2 heterocycles. The minimum atomic E-state index is -0.160. The number of amides is 2. The summed E-state index contributed by atoms with van der Waals surface area (Å²) in [5.74, 6) is 2.62. The third-order valence-corrected chi connectivity index (χ3v) is 6.28. The van der Waals surface area contributed by atoms with Gasteiger partial charge in [-0.3, -0.25) is 9.59 Å². The maximum Gasteiger partial charge on any atom is 0.238 e. The second kappa shape index (κ2) is 3.78. The lowest BCUT2D eigenvalue weighted by Gasteiger charge is -2.37. The van der Waals surface area contributed by atoms with Gasteiger partial charge >= 0.3 is 0 Å². The third kappa shape index (κ3) is 1.35. The number of carbonyl (C=O) groups excluding carboxylic acids is 2. The average molecular weight is 309 g/mol. The van der Waals surface area contributed by atoms with E-state index in [0.29, 0.717) is 29.0 Å². The topological polar surface area (TPSA) is 55.8 Å². The van der Waals surface area contributed by atoms with Crippen LogP contribution in [0.1, 0.15) is 6.42 Å². The van der Waals surface area contributed by atoms with Crippen LogP contribution >= 0.6 is 0 Å². The predicted octanol–water partition coefficient (Wildman–Crippen LogP) is 1.97. The van der Waals surface area contributed by atoms with Gasteiger partial charge in [-0.05, 0) is 42.2 Å². The molecule has 0 radical (unpaired) electrons. The Bertz CT molecular complexity index is 764. The highest BCUT2D eigenvalue weighted by atomic mass is 16.7. The smallest absolute Gasteiger partial charge is 0.238 e. The summed E-state index contributed by atoms with van der Waals surface area (Å²) >= 11 is 0. The molecule has 0 aromatic heterocycles. The Labute approximate surface area is 132 Å². The van der Waals surface area contributed by atoms with Crippen LogP contribution in [0.15, 0.2) is 30.4 Å². The minimum absolute atomic E-state index is 0.0384. The van der Waals surface area contributed by atoms with Crippen molar-refractivity contribution in [1.29, 1.82) is 0 Å². The van der Waals surface area contributed by atoms with Gasteiger partial charge in [0.15, 0.2) is 11.5 Å². The molecule has 23 heavy (non-hydrogen) atoms. The number of ether oxygens (including phenoxy) is 2. The van der Waals surface area contributed by atoms with Gasteiger partial charge in [0.1, 0.15) is 0 Å². The van der Waals surface area contributed by atoms with Crippen LogP contribution in [0.4, 0.5) is 5.69 Å². The summed E-state index contributed by atoms with van der Waals surface area (Å²) in [6.07, 6.45) is 5.56. The number of rotatable bonds is 1. The summed E-state index contributed by atoms with van der Waals surface area (Å²) in [4.78, 5) is 27.4. The van der Waals surface area contributed by atoms with E-state index in [-0.39, 0.29) is 42.3 Å². The van der Waals surface area contributed by atoms with Gasteiger partial charge in [0.2, 0.25) is 18.6 Å². The fraction of sp³-hybridized carbons (Fsp3) is 0.444.